The van der Waals surface area contributed by atoms with E-state index in [1.807, 2.05) is 24.3 Å². The summed E-state index contributed by atoms with van der Waals surface area (Å²) in [4.78, 5) is 24.2. The van der Waals surface area contributed by atoms with E-state index in [1.165, 1.54) is 11.8 Å². The van der Waals surface area contributed by atoms with E-state index in [-0.39, 0.29) is 11.7 Å². The van der Waals surface area contributed by atoms with Gasteiger partial charge in [0, 0.05) is 23.0 Å². The first-order valence-electron chi connectivity index (χ1n) is 6.37. The molecule has 0 aromatic heterocycles. The zero-order chi connectivity index (χ0) is 15.7. The second kappa shape index (κ2) is 9.81. The molecule has 1 aromatic carbocycles. The number of ether oxygens (including phenoxy) is 2. The molecule has 1 N–H and O–H groups in total. The van der Waals surface area contributed by atoms with Crippen LogP contribution in [0.4, 0.5) is 0 Å². The van der Waals surface area contributed by atoms with Gasteiger partial charge in [0.15, 0.2) is 6.10 Å². The number of carbonyl (C=O) groups excluding carboxylic acids is 2. The molecular weight excluding hydrogens is 358 g/mol. The van der Waals surface area contributed by atoms with Crippen molar-refractivity contribution < 1.29 is 19.1 Å². The highest BCUT2D eigenvalue weighted by atomic mass is 79.9. The Bertz CT molecular complexity index is 467. The SMILES string of the molecule is COCCNC(=O)[C@@H](C)OC(=O)CSc1ccc(Br)cc1. The summed E-state index contributed by atoms with van der Waals surface area (Å²) in [5, 5.41) is 2.62. The van der Waals surface area contributed by atoms with Crippen LogP contribution in [-0.4, -0.2) is 44.0 Å². The Morgan fingerprint density at radius 2 is 2.00 bits per heavy atom. The number of benzene rings is 1. The molecule has 7 heteroatoms. The molecule has 0 aliphatic heterocycles. The minimum atomic E-state index is -0.806. The summed E-state index contributed by atoms with van der Waals surface area (Å²) in [5.74, 6) is -0.580. The third-order valence-electron chi connectivity index (χ3n) is 2.45. The predicted molar refractivity (Wildman–Crippen MR) is 85.3 cm³/mol. The summed E-state index contributed by atoms with van der Waals surface area (Å²) in [6, 6.07) is 7.62. The molecule has 1 amide bonds. The Labute approximate surface area is 136 Å². The highest BCUT2D eigenvalue weighted by Gasteiger charge is 2.17. The largest absolute Gasteiger partial charge is 0.452 e. The molecule has 1 rings (SSSR count). The van der Waals surface area contributed by atoms with Crippen LogP contribution in [0.5, 0.6) is 0 Å². The number of amides is 1. The number of halogens is 1. The maximum atomic E-state index is 11.7. The summed E-state index contributed by atoms with van der Waals surface area (Å²) in [6.07, 6.45) is -0.806. The monoisotopic (exact) mass is 375 g/mol. The molecular formula is C14H18BrNO4S. The van der Waals surface area contributed by atoms with E-state index < -0.39 is 12.1 Å². The summed E-state index contributed by atoms with van der Waals surface area (Å²) >= 11 is 4.71. The minimum absolute atomic E-state index is 0.164. The molecule has 1 atom stereocenters. The number of esters is 1. The first-order chi connectivity index (χ1) is 10.0. The van der Waals surface area contributed by atoms with E-state index in [2.05, 4.69) is 21.2 Å². The van der Waals surface area contributed by atoms with Crippen LogP contribution >= 0.6 is 27.7 Å². The molecule has 0 saturated heterocycles. The van der Waals surface area contributed by atoms with Gasteiger partial charge in [-0.05, 0) is 31.2 Å². The number of methoxy groups -OCH3 is 1. The van der Waals surface area contributed by atoms with Gasteiger partial charge >= 0.3 is 5.97 Å². The first-order valence-corrected chi connectivity index (χ1v) is 8.15. The van der Waals surface area contributed by atoms with Gasteiger partial charge in [-0.1, -0.05) is 15.9 Å². The van der Waals surface area contributed by atoms with Gasteiger partial charge in [0.1, 0.15) is 0 Å². The molecule has 0 unspecified atom stereocenters. The molecule has 0 aliphatic rings. The molecule has 116 valence electrons. The number of hydrogen-bond donors (Lipinski definition) is 1. The Hall–Kier alpha value is -1.05. The van der Waals surface area contributed by atoms with E-state index in [9.17, 15) is 9.59 Å². The van der Waals surface area contributed by atoms with Crippen molar-refractivity contribution in [3.8, 4) is 0 Å². The summed E-state index contributed by atoms with van der Waals surface area (Å²) in [7, 11) is 1.55. The molecule has 0 saturated carbocycles. The molecule has 0 spiro atoms. The Kier molecular flexibility index (Phi) is 8.41. The van der Waals surface area contributed by atoms with E-state index in [1.54, 1.807) is 14.0 Å². The van der Waals surface area contributed by atoms with Crippen molar-refractivity contribution in [3.05, 3.63) is 28.7 Å². The van der Waals surface area contributed by atoms with Crippen molar-refractivity contribution >= 4 is 39.6 Å². The maximum absolute atomic E-state index is 11.7. The van der Waals surface area contributed by atoms with E-state index in [0.29, 0.717) is 13.2 Å². The van der Waals surface area contributed by atoms with E-state index >= 15 is 0 Å². The van der Waals surface area contributed by atoms with Crippen LogP contribution in [0, 0.1) is 0 Å². The summed E-state index contributed by atoms with van der Waals surface area (Å²) in [6.45, 7) is 2.36. The second-order valence-electron chi connectivity index (χ2n) is 4.16. The van der Waals surface area contributed by atoms with Gasteiger partial charge < -0.3 is 14.8 Å². The lowest BCUT2D eigenvalue weighted by Crippen LogP contribution is -2.37. The maximum Gasteiger partial charge on any atom is 0.317 e. The van der Waals surface area contributed by atoms with Crippen LogP contribution in [0.3, 0.4) is 0 Å². The van der Waals surface area contributed by atoms with Crippen LogP contribution in [0.15, 0.2) is 33.6 Å². The van der Waals surface area contributed by atoms with Crippen LogP contribution in [0.2, 0.25) is 0 Å². The quantitative estimate of drug-likeness (QED) is 0.428. The third-order valence-corrected chi connectivity index (χ3v) is 3.97. The van der Waals surface area contributed by atoms with Crippen LogP contribution in [0.25, 0.3) is 0 Å². The zero-order valence-corrected chi connectivity index (χ0v) is 14.3. The number of carbonyl (C=O) groups is 2. The fourth-order valence-electron chi connectivity index (χ4n) is 1.38. The average molecular weight is 376 g/mol. The zero-order valence-electron chi connectivity index (χ0n) is 11.9. The number of thioether (sulfide) groups is 1. The molecule has 5 nitrogen and oxygen atoms in total. The first kappa shape index (κ1) is 18.0. The van der Waals surface area contributed by atoms with Crippen LogP contribution in [-0.2, 0) is 19.1 Å². The molecule has 0 fully saturated rings. The average Bonchev–Trinajstić information content (AvgIpc) is 2.46. The van der Waals surface area contributed by atoms with Gasteiger partial charge in [0.25, 0.3) is 5.91 Å². The summed E-state index contributed by atoms with van der Waals surface area (Å²) in [5.41, 5.74) is 0. The second-order valence-corrected chi connectivity index (χ2v) is 6.12. The fraction of sp³-hybridized carbons (Fsp3) is 0.429. The van der Waals surface area contributed by atoms with Crippen LogP contribution < -0.4 is 5.32 Å². The fourth-order valence-corrected chi connectivity index (χ4v) is 2.32. The van der Waals surface area contributed by atoms with Crippen LogP contribution in [0.1, 0.15) is 6.92 Å². The van der Waals surface area contributed by atoms with E-state index in [0.717, 1.165) is 9.37 Å². The van der Waals surface area contributed by atoms with Crippen molar-refractivity contribution in [1.82, 2.24) is 5.32 Å². The molecule has 0 heterocycles. The van der Waals surface area contributed by atoms with Gasteiger partial charge in [0.2, 0.25) is 0 Å². The third kappa shape index (κ3) is 7.50. The lowest BCUT2D eigenvalue weighted by Gasteiger charge is -2.13. The van der Waals surface area contributed by atoms with Crippen molar-refractivity contribution in [3.63, 3.8) is 0 Å². The van der Waals surface area contributed by atoms with Crippen molar-refractivity contribution in [2.24, 2.45) is 0 Å². The number of nitrogens with one attached hydrogen (secondary N) is 1. The van der Waals surface area contributed by atoms with Gasteiger partial charge in [-0.25, -0.2) is 0 Å². The molecule has 0 radical (unpaired) electrons. The lowest BCUT2D eigenvalue weighted by molar-refractivity contribution is -0.152. The highest BCUT2D eigenvalue weighted by molar-refractivity contribution is 9.10. The molecule has 0 aliphatic carbocycles. The van der Waals surface area contributed by atoms with Crippen molar-refractivity contribution in [1.29, 1.82) is 0 Å². The normalized spacial score (nSPS) is 11.8. The Morgan fingerprint density at radius 1 is 1.33 bits per heavy atom. The molecule has 0 bridgehead atoms. The van der Waals surface area contributed by atoms with Gasteiger partial charge in [0.05, 0.1) is 12.4 Å². The van der Waals surface area contributed by atoms with Gasteiger partial charge in [-0.2, -0.15) is 0 Å². The molecule has 21 heavy (non-hydrogen) atoms. The number of rotatable bonds is 8. The van der Waals surface area contributed by atoms with Crippen molar-refractivity contribution in [2.75, 3.05) is 26.0 Å². The smallest absolute Gasteiger partial charge is 0.317 e. The van der Waals surface area contributed by atoms with Gasteiger partial charge in [-0.15, -0.1) is 11.8 Å². The lowest BCUT2D eigenvalue weighted by atomic mass is 10.4. The predicted octanol–water partition coefficient (Wildman–Crippen LogP) is 2.24. The number of hydrogen-bond acceptors (Lipinski definition) is 5. The van der Waals surface area contributed by atoms with Gasteiger partial charge in [-0.3, -0.25) is 9.59 Å². The Morgan fingerprint density at radius 3 is 2.62 bits per heavy atom. The standard InChI is InChI=1S/C14H18BrNO4S/c1-10(14(18)16-7-8-19-2)20-13(17)9-21-12-5-3-11(15)4-6-12/h3-6,10H,7-9H2,1-2H3,(H,16,18)/t10-/m1/s1. The van der Waals surface area contributed by atoms with Crippen molar-refractivity contribution in [2.45, 2.75) is 17.9 Å². The Balaban J connectivity index is 2.29. The highest BCUT2D eigenvalue weighted by Crippen LogP contribution is 2.20. The summed E-state index contributed by atoms with van der Waals surface area (Å²) < 4.78 is 10.9. The molecule has 1 aromatic rings. The minimum Gasteiger partial charge on any atom is -0.452 e. The van der Waals surface area contributed by atoms with E-state index in [4.69, 9.17) is 9.47 Å². The topological polar surface area (TPSA) is 64.6 Å².